The predicted octanol–water partition coefficient (Wildman–Crippen LogP) is 11.1. The highest BCUT2D eigenvalue weighted by Gasteiger charge is 2.16. The molecule has 1 aromatic rings. The Kier molecular flexibility index (Phi) is 23.9. The smallest absolute Gasteiger partial charge is 0.234 e. The van der Waals surface area contributed by atoms with Crippen LogP contribution in [-0.2, 0) is 19.5 Å². The van der Waals surface area contributed by atoms with Crippen molar-refractivity contribution in [3.8, 4) is 0 Å². The summed E-state index contributed by atoms with van der Waals surface area (Å²) >= 11 is 0. The second-order valence-electron chi connectivity index (χ2n) is 11.6. The van der Waals surface area contributed by atoms with Gasteiger partial charge in [-0.25, -0.2) is 9.13 Å². The zero-order valence-electron chi connectivity index (χ0n) is 25.3. The molecule has 0 fully saturated rings. The van der Waals surface area contributed by atoms with E-state index in [-0.39, 0.29) is 0 Å². The van der Waals surface area contributed by atoms with Crippen LogP contribution in [0, 0.1) is 0 Å². The number of rotatable bonds is 28. The van der Waals surface area contributed by atoms with E-state index in [9.17, 15) is 0 Å². The molecule has 212 valence electrons. The van der Waals surface area contributed by atoms with Crippen LogP contribution in [0.2, 0.25) is 0 Å². The van der Waals surface area contributed by atoms with Crippen molar-refractivity contribution in [1.82, 2.24) is 4.57 Å². The van der Waals surface area contributed by atoms with Gasteiger partial charge in [-0.05, 0) is 32.1 Å². The van der Waals surface area contributed by atoms with Crippen LogP contribution >= 0.6 is 0 Å². The van der Waals surface area contributed by atoms with E-state index in [0.717, 1.165) is 0 Å². The molecule has 0 aromatic carbocycles. The SMILES string of the molecule is CCCCCCCCCCCCCCn1cc[n+](CCCCCCCCCCCCC)c1CCCC. The standard InChI is InChI=1S/C34H67N2/c1-4-7-10-12-14-16-18-20-22-24-26-28-31-36-33-32-35(34(36)29-9-6-3)30-27-25-23-21-19-17-15-13-11-8-5-2/h32-33H,4-31H2,1-3H3/q+1. The number of unbranched alkanes of at least 4 members (excludes halogenated alkanes) is 22. The molecule has 0 spiro atoms. The summed E-state index contributed by atoms with van der Waals surface area (Å²) < 4.78 is 5.18. The van der Waals surface area contributed by atoms with Crippen molar-refractivity contribution >= 4 is 0 Å². The van der Waals surface area contributed by atoms with E-state index in [0.29, 0.717) is 0 Å². The number of hydrogen-bond donors (Lipinski definition) is 0. The number of aryl methyl sites for hydroxylation is 2. The third-order valence-corrected chi connectivity index (χ3v) is 8.10. The van der Waals surface area contributed by atoms with E-state index in [1.54, 1.807) is 5.82 Å². The van der Waals surface area contributed by atoms with Crippen molar-refractivity contribution in [3.63, 3.8) is 0 Å². The number of imidazole rings is 1. The summed E-state index contributed by atoms with van der Waals surface area (Å²) in [7, 11) is 0. The van der Waals surface area contributed by atoms with Crippen molar-refractivity contribution in [1.29, 1.82) is 0 Å². The van der Waals surface area contributed by atoms with E-state index in [1.165, 1.54) is 180 Å². The maximum absolute atomic E-state index is 2.59. The van der Waals surface area contributed by atoms with Gasteiger partial charge in [-0.15, -0.1) is 0 Å². The lowest BCUT2D eigenvalue weighted by Crippen LogP contribution is -2.37. The monoisotopic (exact) mass is 504 g/mol. The Morgan fingerprint density at radius 3 is 1.31 bits per heavy atom. The van der Waals surface area contributed by atoms with Gasteiger partial charge in [0.25, 0.3) is 5.82 Å². The molecule has 36 heavy (non-hydrogen) atoms. The molecular weight excluding hydrogens is 436 g/mol. The van der Waals surface area contributed by atoms with Gasteiger partial charge in [0, 0.05) is 6.42 Å². The van der Waals surface area contributed by atoms with Crippen LogP contribution in [0.5, 0.6) is 0 Å². The first kappa shape index (κ1) is 33.2. The van der Waals surface area contributed by atoms with Gasteiger partial charge in [0.15, 0.2) is 0 Å². The zero-order chi connectivity index (χ0) is 25.9. The highest BCUT2D eigenvalue weighted by atomic mass is 15.1. The van der Waals surface area contributed by atoms with Gasteiger partial charge in [-0.3, -0.25) is 0 Å². The second-order valence-corrected chi connectivity index (χ2v) is 11.6. The van der Waals surface area contributed by atoms with Crippen molar-refractivity contribution in [2.24, 2.45) is 0 Å². The molecule has 0 unspecified atom stereocenters. The fraction of sp³-hybridized carbons (Fsp3) is 0.912. The minimum Gasteiger partial charge on any atom is -0.234 e. The molecule has 0 aliphatic heterocycles. The van der Waals surface area contributed by atoms with Crippen molar-refractivity contribution in [3.05, 3.63) is 18.2 Å². The normalized spacial score (nSPS) is 11.5. The van der Waals surface area contributed by atoms with Gasteiger partial charge < -0.3 is 0 Å². The molecule has 0 saturated heterocycles. The molecular formula is C34H67N2+. The van der Waals surface area contributed by atoms with Crippen molar-refractivity contribution in [2.45, 2.75) is 201 Å². The van der Waals surface area contributed by atoms with Crippen LogP contribution in [0.3, 0.4) is 0 Å². The van der Waals surface area contributed by atoms with Gasteiger partial charge in [0.1, 0.15) is 12.4 Å². The molecule has 0 N–H and O–H groups in total. The van der Waals surface area contributed by atoms with Crippen molar-refractivity contribution in [2.75, 3.05) is 0 Å². The number of aromatic nitrogens is 2. The van der Waals surface area contributed by atoms with Crippen LogP contribution in [0.25, 0.3) is 0 Å². The summed E-state index contributed by atoms with van der Waals surface area (Å²) in [5.74, 6) is 1.59. The molecule has 2 heteroatoms. The summed E-state index contributed by atoms with van der Waals surface area (Å²) in [5, 5.41) is 0. The summed E-state index contributed by atoms with van der Waals surface area (Å²) in [5.41, 5.74) is 0. The number of hydrogen-bond acceptors (Lipinski definition) is 0. The lowest BCUT2D eigenvalue weighted by Gasteiger charge is -2.06. The first-order valence-corrected chi connectivity index (χ1v) is 16.9. The van der Waals surface area contributed by atoms with Gasteiger partial charge in [0.05, 0.1) is 13.1 Å². The quantitative estimate of drug-likeness (QED) is 0.0794. The van der Waals surface area contributed by atoms with E-state index in [4.69, 9.17) is 0 Å². The summed E-state index contributed by atoms with van der Waals surface area (Å²) in [4.78, 5) is 0. The Bertz CT molecular complexity index is 562. The van der Waals surface area contributed by atoms with E-state index in [2.05, 4.69) is 42.3 Å². The fourth-order valence-corrected chi connectivity index (χ4v) is 5.60. The molecule has 1 aromatic heterocycles. The molecule has 1 heterocycles. The summed E-state index contributed by atoms with van der Waals surface area (Å²) in [6.07, 6.45) is 41.5. The minimum atomic E-state index is 1.22. The molecule has 2 nitrogen and oxygen atoms in total. The van der Waals surface area contributed by atoms with Crippen LogP contribution in [0.1, 0.15) is 187 Å². The molecule has 0 aliphatic carbocycles. The maximum atomic E-state index is 2.59. The fourth-order valence-electron chi connectivity index (χ4n) is 5.60. The van der Waals surface area contributed by atoms with E-state index < -0.39 is 0 Å². The third-order valence-electron chi connectivity index (χ3n) is 8.10. The molecule has 0 saturated carbocycles. The average Bonchev–Trinajstić information content (AvgIpc) is 3.27. The Morgan fingerprint density at radius 2 is 0.861 bits per heavy atom. The van der Waals surface area contributed by atoms with Gasteiger partial charge in [0.2, 0.25) is 0 Å². The van der Waals surface area contributed by atoms with Crippen LogP contribution < -0.4 is 4.57 Å². The first-order chi connectivity index (χ1) is 17.8. The average molecular weight is 504 g/mol. The molecule has 0 bridgehead atoms. The van der Waals surface area contributed by atoms with Crippen LogP contribution in [0.4, 0.5) is 0 Å². The molecule has 0 aliphatic rings. The Morgan fingerprint density at radius 1 is 0.472 bits per heavy atom. The maximum Gasteiger partial charge on any atom is 0.256 e. The highest BCUT2D eigenvalue weighted by Crippen LogP contribution is 2.14. The van der Waals surface area contributed by atoms with Crippen LogP contribution in [-0.4, -0.2) is 4.57 Å². The minimum absolute atomic E-state index is 1.22. The Labute approximate surface area is 228 Å². The van der Waals surface area contributed by atoms with Crippen LogP contribution in [0.15, 0.2) is 12.4 Å². The Hall–Kier alpha value is -0.790. The Balaban J connectivity index is 2.13. The highest BCUT2D eigenvalue weighted by molar-refractivity contribution is 4.84. The largest absolute Gasteiger partial charge is 0.256 e. The lowest BCUT2D eigenvalue weighted by atomic mass is 10.1. The van der Waals surface area contributed by atoms with Gasteiger partial charge >= 0.3 is 0 Å². The van der Waals surface area contributed by atoms with E-state index >= 15 is 0 Å². The van der Waals surface area contributed by atoms with Gasteiger partial charge in [-0.2, -0.15) is 0 Å². The number of nitrogens with zero attached hydrogens (tertiary/aromatic N) is 2. The zero-order valence-corrected chi connectivity index (χ0v) is 25.3. The van der Waals surface area contributed by atoms with Crippen molar-refractivity contribution < 1.29 is 4.57 Å². The second kappa shape index (κ2) is 25.8. The topological polar surface area (TPSA) is 8.81 Å². The first-order valence-electron chi connectivity index (χ1n) is 16.9. The summed E-state index contributed by atoms with van der Waals surface area (Å²) in [6.45, 7) is 9.38. The molecule has 1 rings (SSSR count). The molecule has 0 atom stereocenters. The predicted molar refractivity (Wildman–Crippen MR) is 161 cm³/mol. The van der Waals surface area contributed by atoms with Gasteiger partial charge in [-0.1, -0.05) is 149 Å². The molecule has 0 radical (unpaired) electrons. The lowest BCUT2D eigenvalue weighted by molar-refractivity contribution is -0.704. The summed E-state index contributed by atoms with van der Waals surface area (Å²) in [6, 6.07) is 0. The third kappa shape index (κ3) is 18.5. The van der Waals surface area contributed by atoms with E-state index in [1.807, 2.05) is 0 Å². The molecule has 0 amide bonds.